The lowest BCUT2D eigenvalue weighted by Crippen LogP contribution is -2.29. The van der Waals surface area contributed by atoms with E-state index in [0.717, 1.165) is 11.1 Å². The third-order valence-corrected chi connectivity index (χ3v) is 6.17. The van der Waals surface area contributed by atoms with Gasteiger partial charge in [-0.05, 0) is 40.9 Å². The Hall–Kier alpha value is -1.82. The summed E-state index contributed by atoms with van der Waals surface area (Å²) in [5.41, 5.74) is 2.41. The molecule has 0 aromatic heterocycles. The van der Waals surface area contributed by atoms with Crippen molar-refractivity contribution in [1.82, 2.24) is 0 Å². The Morgan fingerprint density at radius 1 is 0.759 bits per heavy atom. The zero-order valence-electron chi connectivity index (χ0n) is 17.3. The highest BCUT2D eigenvalue weighted by molar-refractivity contribution is 9.10. The largest absolute Gasteiger partial charge is 0.396 e. The molecule has 2 aromatic carbocycles. The van der Waals surface area contributed by atoms with Crippen molar-refractivity contribution in [2.75, 3.05) is 13.2 Å². The van der Waals surface area contributed by atoms with Crippen LogP contribution in [0.25, 0.3) is 0 Å². The van der Waals surface area contributed by atoms with Gasteiger partial charge in [0.2, 0.25) is 0 Å². The number of hydrogen-bond donors (Lipinski definition) is 2. The number of rotatable bonds is 6. The number of carbonyl (C=O) groups excluding carboxylic acids is 2. The Kier molecular flexibility index (Phi) is 5.87. The first-order chi connectivity index (χ1) is 13.5. The Labute approximate surface area is 180 Å². The van der Waals surface area contributed by atoms with Crippen LogP contribution < -0.4 is 0 Å². The molecule has 0 unspecified atom stereocenters. The highest BCUT2D eigenvalue weighted by Gasteiger charge is 2.36. The van der Waals surface area contributed by atoms with Gasteiger partial charge in [0.1, 0.15) is 0 Å². The van der Waals surface area contributed by atoms with Gasteiger partial charge in [-0.1, -0.05) is 67.9 Å². The molecule has 5 heteroatoms. The first kappa shape index (κ1) is 21.9. The van der Waals surface area contributed by atoms with Crippen LogP contribution in [0.15, 0.2) is 34.8 Å². The number of benzene rings is 2. The molecule has 29 heavy (non-hydrogen) atoms. The van der Waals surface area contributed by atoms with Crippen LogP contribution in [0.2, 0.25) is 0 Å². The molecule has 4 nitrogen and oxygen atoms in total. The highest BCUT2D eigenvalue weighted by atomic mass is 79.9. The van der Waals surface area contributed by atoms with Crippen molar-refractivity contribution in [3.05, 3.63) is 68.2 Å². The van der Waals surface area contributed by atoms with E-state index in [4.69, 9.17) is 0 Å². The lowest BCUT2D eigenvalue weighted by molar-refractivity contribution is 0.0974. The molecule has 0 radical (unpaired) electrons. The zero-order valence-corrected chi connectivity index (χ0v) is 18.9. The second kappa shape index (κ2) is 7.78. The minimum absolute atomic E-state index is 0.0144. The van der Waals surface area contributed by atoms with E-state index in [1.54, 1.807) is 18.2 Å². The van der Waals surface area contributed by atoms with Gasteiger partial charge in [-0.3, -0.25) is 9.59 Å². The van der Waals surface area contributed by atoms with Gasteiger partial charge in [0, 0.05) is 39.9 Å². The van der Waals surface area contributed by atoms with E-state index < -0.39 is 10.8 Å². The summed E-state index contributed by atoms with van der Waals surface area (Å²) in [6.45, 7) is 7.69. The van der Waals surface area contributed by atoms with E-state index in [1.807, 2.05) is 39.8 Å². The van der Waals surface area contributed by atoms with E-state index in [-0.39, 0.29) is 24.8 Å². The summed E-state index contributed by atoms with van der Waals surface area (Å²) >= 11 is 3.47. The number of aliphatic hydroxyl groups excluding tert-OH is 2. The quantitative estimate of drug-likeness (QED) is 0.575. The molecule has 1 aliphatic carbocycles. The van der Waals surface area contributed by atoms with Gasteiger partial charge in [-0.25, -0.2) is 0 Å². The van der Waals surface area contributed by atoms with Gasteiger partial charge >= 0.3 is 0 Å². The standard InChI is InChI=1S/C24H27BrO4/c1-23(2,12-26)10-14-6-5-7-16-18(14)22(29)20-17(25)9-8-15(19(20)21(16)28)11-24(3,4)13-27/h5-9,26-27H,10-13H2,1-4H3. The van der Waals surface area contributed by atoms with Crippen LogP contribution in [0, 0.1) is 10.8 Å². The molecule has 2 aromatic rings. The fraction of sp³-hybridized carbons (Fsp3) is 0.417. The molecule has 0 saturated carbocycles. The smallest absolute Gasteiger partial charge is 0.195 e. The molecule has 3 rings (SSSR count). The van der Waals surface area contributed by atoms with Crippen molar-refractivity contribution >= 4 is 27.5 Å². The molecule has 0 aliphatic heterocycles. The van der Waals surface area contributed by atoms with Crippen molar-refractivity contribution in [2.45, 2.75) is 40.5 Å². The number of fused-ring (bicyclic) bond motifs is 2. The van der Waals surface area contributed by atoms with E-state index in [2.05, 4.69) is 15.9 Å². The Bertz CT molecular complexity index is 989. The van der Waals surface area contributed by atoms with Gasteiger partial charge in [0.25, 0.3) is 0 Å². The number of hydrogen-bond acceptors (Lipinski definition) is 4. The minimum atomic E-state index is -0.405. The Morgan fingerprint density at radius 2 is 1.31 bits per heavy atom. The van der Waals surface area contributed by atoms with E-state index >= 15 is 0 Å². The molecule has 0 spiro atoms. The molecule has 0 bridgehead atoms. The fourth-order valence-corrected chi connectivity index (χ4v) is 4.37. The van der Waals surface area contributed by atoms with E-state index in [0.29, 0.717) is 39.6 Å². The van der Waals surface area contributed by atoms with Crippen molar-refractivity contribution in [3.63, 3.8) is 0 Å². The summed E-state index contributed by atoms with van der Waals surface area (Å²) in [5.74, 6) is -0.335. The van der Waals surface area contributed by atoms with Crippen molar-refractivity contribution < 1.29 is 19.8 Å². The van der Waals surface area contributed by atoms with Gasteiger partial charge in [0.05, 0.1) is 0 Å². The first-order valence-electron chi connectivity index (χ1n) is 9.76. The molecular formula is C24H27BrO4. The Morgan fingerprint density at radius 3 is 1.86 bits per heavy atom. The summed E-state index contributed by atoms with van der Waals surface area (Å²) in [5, 5.41) is 19.3. The molecule has 0 heterocycles. The normalized spacial score (nSPS) is 14.0. The van der Waals surface area contributed by atoms with Crippen LogP contribution in [-0.2, 0) is 12.8 Å². The van der Waals surface area contributed by atoms with Gasteiger partial charge in [-0.2, -0.15) is 0 Å². The molecule has 0 saturated heterocycles. The summed E-state index contributed by atoms with van der Waals surface area (Å²) in [4.78, 5) is 27.1. The average Bonchev–Trinajstić information content (AvgIpc) is 2.67. The predicted molar refractivity (Wildman–Crippen MR) is 117 cm³/mol. The zero-order chi connectivity index (χ0) is 21.6. The number of carbonyl (C=O) groups is 2. The third kappa shape index (κ3) is 4.09. The molecule has 1 aliphatic rings. The van der Waals surface area contributed by atoms with Crippen molar-refractivity contribution in [1.29, 1.82) is 0 Å². The molecular weight excluding hydrogens is 432 g/mol. The number of aliphatic hydroxyl groups is 2. The second-order valence-corrected chi connectivity index (χ2v) is 10.3. The van der Waals surface area contributed by atoms with Gasteiger partial charge < -0.3 is 10.2 Å². The van der Waals surface area contributed by atoms with Crippen molar-refractivity contribution in [3.8, 4) is 0 Å². The monoisotopic (exact) mass is 458 g/mol. The fourth-order valence-electron chi connectivity index (χ4n) is 3.86. The van der Waals surface area contributed by atoms with Crippen LogP contribution in [0.5, 0.6) is 0 Å². The molecule has 0 amide bonds. The highest BCUT2D eigenvalue weighted by Crippen LogP contribution is 2.38. The molecule has 154 valence electrons. The van der Waals surface area contributed by atoms with Crippen LogP contribution in [-0.4, -0.2) is 35.0 Å². The molecule has 2 N–H and O–H groups in total. The SMILES string of the molecule is CC(C)(CO)Cc1cccc2c1C(=O)c1c(Br)ccc(CC(C)(C)CO)c1C2=O. The molecule has 0 atom stereocenters. The predicted octanol–water partition coefficient (Wildman–Crippen LogP) is 4.35. The summed E-state index contributed by atoms with van der Waals surface area (Å²) in [6.07, 6.45) is 0.987. The van der Waals surface area contributed by atoms with Gasteiger partial charge in [0.15, 0.2) is 11.6 Å². The average molecular weight is 459 g/mol. The second-order valence-electron chi connectivity index (χ2n) is 9.45. The lowest BCUT2D eigenvalue weighted by Gasteiger charge is -2.28. The van der Waals surface area contributed by atoms with Crippen molar-refractivity contribution in [2.24, 2.45) is 10.8 Å². The topological polar surface area (TPSA) is 74.6 Å². The maximum atomic E-state index is 13.6. The van der Waals surface area contributed by atoms with E-state index in [9.17, 15) is 19.8 Å². The summed E-state index contributed by atoms with van der Waals surface area (Å²) in [7, 11) is 0. The first-order valence-corrected chi connectivity index (χ1v) is 10.5. The number of ketones is 2. The third-order valence-electron chi connectivity index (χ3n) is 5.51. The van der Waals surface area contributed by atoms with Crippen LogP contribution in [0.3, 0.4) is 0 Å². The maximum Gasteiger partial charge on any atom is 0.195 e. The molecule has 0 fully saturated rings. The summed E-state index contributed by atoms with van der Waals surface area (Å²) in [6, 6.07) is 9.02. The minimum Gasteiger partial charge on any atom is -0.396 e. The van der Waals surface area contributed by atoms with Crippen LogP contribution in [0.4, 0.5) is 0 Å². The van der Waals surface area contributed by atoms with Gasteiger partial charge in [-0.15, -0.1) is 0 Å². The Balaban J connectivity index is 2.20. The number of halogens is 1. The summed E-state index contributed by atoms with van der Waals surface area (Å²) < 4.78 is 0.596. The lowest BCUT2D eigenvalue weighted by atomic mass is 9.75. The van der Waals surface area contributed by atoms with Crippen LogP contribution in [0.1, 0.15) is 70.7 Å². The van der Waals surface area contributed by atoms with Crippen LogP contribution >= 0.6 is 15.9 Å². The van der Waals surface area contributed by atoms with E-state index in [1.165, 1.54) is 0 Å². The maximum absolute atomic E-state index is 13.6.